The first-order valence-corrected chi connectivity index (χ1v) is 5.98. The Bertz CT molecular complexity index is 548. The lowest BCUT2D eigenvalue weighted by Gasteiger charge is -2.08. The maximum absolute atomic E-state index is 11.8. The summed E-state index contributed by atoms with van der Waals surface area (Å²) in [5.74, 6) is 0. The summed E-state index contributed by atoms with van der Waals surface area (Å²) in [4.78, 5) is 11.8. The van der Waals surface area contributed by atoms with E-state index in [1.807, 2.05) is 6.92 Å². The minimum Gasteiger partial charge on any atom is -0.378 e. The van der Waals surface area contributed by atoms with Gasteiger partial charge in [-0.05, 0) is 22.9 Å². The second-order valence-corrected chi connectivity index (χ2v) is 4.25. The van der Waals surface area contributed by atoms with Crippen molar-refractivity contribution in [3.05, 3.63) is 39.0 Å². The van der Waals surface area contributed by atoms with Gasteiger partial charge in [-0.25, -0.2) is 4.68 Å². The molecule has 2 rings (SSSR count). The molecule has 0 atom stereocenters. The monoisotopic (exact) mass is 297 g/mol. The second-order valence-electron chi connectivity index (χ2n) is 3.45. The Balaban J connectivity index is 2.17. The highest BCUT2D eigenvalue weighted by molar-refractivity contribution is 9.10. The van der Waals surface area contributed by atoms with Crippen molar-refractivity contribution in [1.82, 2.24) is 20.0 Å². The molecule has 0 aliphatic rings. The minimum atomic E-state index is -0.135. The lowest BCUT2D eigenvalue weighted by molar-refractivity contribution is 0.613. The third-order valence-corrected chi connectivity index (χ3v) is 3.09. The van der Waals surface area contributed by atoms with Crippen molar-refractivity contribution in [2.45, 2.75) is 20.0 Å². The van der Waals surface area contributed by atoms with Gasteiger partial charge in [0.2, 0.25) is 0 Å². The summed E-state index contributed by atoms with van der Waals surface area (Å²) in [6, 6.07) is 0. The fraction of sp³-hybridized carbons (Fsp3) is 0.300. The fourth-order valence-electron chi connectivity index (χ4n) is 1.39. The lowest BCUT2D eigenvalue weighted by Crippen LogP contribution is -2.23. The van der Waals surface area contributed by atoms with Crippen molar-refractivity contribution in [3.8, 4) is 0 Å². The van der Waals surface area contributed by atoms with E-state index in [1.54, 1.807) is 18.6 Å². The summed E-state index contributed by atoms with van der Waals surface area (Å²) in [5, 5.41) is 13.7. The number of aromatic nitrogens is 4. The van der Waals surface area contributed by atoms with E-state index in [0.717, 1.165) is 5.56 Å². The molecule has 0 aliphatic carbocycles. The van der Waals surface area contributed by atoms with Gasteiger partial charge in [0.1, 0.15) is 4.47 Å². The number of aryl methyl sites for hydroxylation is 1. The number of rotatable bonds is 4. The molecule has 0 amide bonds. The summed E-state index contributed by atoms with van der Waals surface area (Å²) in [5.41, 5.74) is 1.56. The van der Waals surface area contributed by atoms with Gasteiger partial charge in [0, 0.05) is 24.8 Å². The zero-order valence-electron chi connectivity index (χ0n) is 9.27. The molecule has 0 bridgehead atoms. The van der Waals surface area contributed by atoms with Gasteiger partial charge < -0.3 is 5.32 Å². The number of aromatic amines is 1. The lowest BCUT2D eigenvalue weighted by atomic mass is 10.3. The van der Waals surface area contributed by atoms with Crippen LogP contribution in [0.4, 0.5) is 5.69 Å². The molecule has 2 aromatic heterocycles. The summed E-state index contributed by atoms with van der Waals surface area (Å²) >= 11 is 3.28. The smallest absolute Gasteiger partial charge is 0.283 e. The molecular weight excluding hydrogens is 286 g/mol. The van der Waals surface area contributed by atoms with Gasteiger partial charge in [-0.1, -0.05) is 0 Å². The van der Waals surface area contributed by atoms with E-state index < -0.39 is 0 Å². The Kier molecular flexibility index (Phi) is 3.58. The van der Waals surface area contributed by atoms with Crippen LogP contribution in [0, 0.1) is 0 Å². The topological polar surface area (TPSA) is 75.6 Å². The number of anilines is 1. The highest BCUT2D eigenvalue weighted by atomic mass is 79.9. The van der Waals surface area contributed by atoms with Crippen LogP contribution in [0.5, 0.6) is 0 Å². The Morgan fingerprint density at radius 3 is 3.00 bits per heavy atom. The number of hydrogen-bond donors (Lipinski definition) is 2. The van der Waals surface area contributed by atoms with Crippen LogP contribution >= 0.6 is 15.9 Å². The van der Waals surface area contributed by atoms with Crippen LogP contribution in [-0.2, 0) is 13.1 Å². The number of H-pyrrole nitrogens is 1. The summed E-state index contributed by atoms with van der Waals surface area (Å²) < 4.78 is 1.89. The van der Waals surface area contributed by atoms with Crippen molar-refractivity contribution in [2.75, 3.05) is 5.32 Å². The second kappa shape index (κ2) is 5.13. The maximum atomic E-state index is 11.8. The quantitative estimate of drug-likeness (QED) is 0.893. The Morgan fingerprint density at radius 2 is 2.35 bits per heavy atom. The standard InChI is InChI=1S/C10H12BrN5O/c1-2-16-10(17)9(11)8(6-15-16)12-3-7-4-13-14-5-7/h4-6,12H,2-3H2,1H3,(H,13,14). The summed E-state index contributed by atoms with van der Waals surface area (Å²) in [7, 11) is 0. The predicted molar refractivity (Wildman–Crippen MR) is 67.8 cm³/mol. The molecule has 2 heterocycles. The van der Waals surface area contributed by atoms with Gasteiger partial charge in [0.05, 0.1) is 18.1 Å². The van der Waals surface area contributed by atoms with E-state index in [9.17, 15) is 4.79 Å². The third-order valence-electron chi connectivity index (χ3n) is 2.32. The van der Waals surface area contributed by atoms with E-state index in [2.05, 4.69) is 36.5 Å². The molecule has 90 valence electrons. The van der Waals surface area contributed by atoms with Crippen molar-refractivity contribution < 1.29 is 0 Å². The fourth-order valence-corrected chi connectivity index (χ4v) is 1.83. The third kappa shape index (κ3) is 2.55. The SMILES string of the molecule is CCn1ncc(NCc2cn[nH]c2)c(Br)c1=O. The van der Waals surface area contributed by atoms with Crippen LogP contribution in [0.1, 0.15) is 12.5 Å². The molecule has 0 saturated heterocycles. The molecule has 17 heavy (non-hydrogen) atoms. The van der Waals surface area contributed by atoms with Crippen molar-refractivity contribution in [3.63, 3.8) is 0 Å². The normalized spacial score (nSPS) is 10.5. The molecule has 7 heteroatoms. The van der Waals surface area contributed by atoms with Crippen LogP contribution in [0.3, 0.4) is 0 Å². The van der Waals surface area contributed by atoms with Crippen LogP contribution in [-0.4, -0.2) is 20.0 Å². The van der Waals surface area contributed by atoms with Crippen LogP contribution in [0.2, 0.25) is 0 Å². The van der Waals surface area contributed by atoms with E-state index in [-0.39, 0.29) is 5.56 Å². The molecular formula is C10H12BrN5O. The minimum absolute atomic E-state index is 0.135. The first kappa shape index (κ1) is 11.8. The molecule has 0 aromatic carbocycles. The van der Waals surface area contributed by atoms with Gasteiger partial charge in [-0.2, -0.15) is 10.2 Å². The van der Waals surface area contributed by atoms with E-state index >= 15 is 0 Å². The zero-order chi connectivity index (χ0) is 12.3. The van der Waals surface area contributed by atoms with Gasteiger partial charge in [-0.15, -0.1) is 0 Å². The van der Waals surface area contributed by atoms with Gasteiger partial charge >= 0.3 is 0 Å². The highest BCUT2D eigenvalue weighted by Crippen LogP contribution is 2.16. The number of nitrogens with one attached hydrogen (secondary N) is 2. The summed E-state index contributed by atoms with van der Waals surface area (Å²) in [6.07, 6.45) is 5.15. The first-order chi connectivity index (χ1) is 8.22. The van der Waals surface area contributed by atoms with Crippen LogP contribution < -0.4 is 10.9 Å². The van der Waals surface area contributed by atoms with E-state index in [1.165, 1.54) is 4.68 Å². The number of nitrogens with zero attached hydrogens (tertiary/aromatic N) is 3. The Morgan fingerprint density at radius 1 is 1.53 bits per heavy atom. The van der Waals surface area contributed by atoms with E-state index in [4.69, 9.17) is 0 Å². The molecule has 2 aromatic rings. The van der Waals surface area contributed by atoms with Crippen LogP contribution in [0.15, 0.2) is 27.9 Å². The predicted octanol–water partition coefficient (Wildman–Crippen LogP) is 1.36. The van der Waals surface area contributed by atoms with Crippen molar-refractivity contribution >= 4 is 21.6 Å². The number of hydrogen-bond acceptors (Lipinski definition) is 4. The summed E-state index contributed by atoms with van der Waals surface area (Å²) in [6.45, 7) is 3.02. The van der Waals surface area contributed by atoms with Crippen LogP contribution in [0.25, 0.3) is 0 Å². The molecule has 0 aliphatic heterocycles. The van der Waals surface area contributed by atoms with Crippen molar-refractivity contribution in [1.29, 1.82) is 0 Å². The molecule has 0 saturated carbocycles. The Labute approximate surface area is 106 Å². The van der Waals surface area contributed by atoms with E-state index in [0.29, 0.717) is 23.2 Å². The average molecular weight is 298 g/mol. The van der Waals surface area contributed by atoms with Gasteiger partial charge in [-0.3, -0.25) is 9.89 Å². The first-order valence-electron chi connectivity index (χ1n) is 5.19. The molecule has 2 N–H and O–H groups in total. The van der Waals surface area contributed by atoms with Crippen molar-refractivity contribution in [2.24, 2.45) is 0 Å². The molecule has 0 radical (unpaired) electrons. The zero-order valence-corrected chi connectivity index (χ0v) is 10.9. The number of halogens is 1. The Hall–Kier alpha value is -1.63. The maximum Gasteiger partial charge on any atom is 0.283 e. The molecule has 0 unspecified atom stereocenters. The molecule has 6 nitrogen and oxygen atoms in total. The highest BCUT2D eigenvalue weighted by Gasteiger charge is 2.07. The van der Waals surface area contributed by atoms with Gasteiger partial charge in [0.25, 0.3) is 5.56 Å². The van der Waals surface area contributed by atoms with Gasteiger partial charge in [0.15, 0.2) is 0 Å². The largest absolute Gasteiger partial charge is 0.378 e. The average Bonchev–Trinajstić information content (AvgIpc) is 2.84. The molecule has 0 spiro atoms. The molecule has 0 fully saturated rings.